The Morgan fingerprint density at radius 2 is 2.09 bits per heavy atom. The Labute approximate surface area is 136 Å². The lowest BCUT2D eigenvalue weighted by Crippen LogP contribution is -2.45. The number of rotatable bonds is 3. The van der Waals surface area contributed by atoms with E-state index < -0.39 is 0 Å². The van der Waals surface area contributed by atoms with Crippen molar-refractivity contribution >= 4 is 5.91 Å². The molecule has 23 heavy (non-hydrogen) atoms. The van der Waals surface area contributed by atoms with Crippen molar-refractivity contribution in [3.8, 4) is 0 Å². The lowest BCUT2D eigenvalue weighted by molar-refractivity contribution is -0.142. The Bertz CT molecular complexity index is 629. The molecule has 3 N–H and O–H groups in total. The average Bonchev–Trinajstić information content (AvgIpc) is 3.09. The quantitative estimate of drug-likeness (QED) is 0.861. The molecule has 1 aromatic heterocycles. The summed E-state index contributed by atoms with van der Waals surface area (Å²) in [4.78, 5) is 26.5. The smallest absolute Gasteiger partial charge is 0.342 e. The van der Waals surface area contributed by atoms with Crippen LogP contribution >= 0.6 is 0 Å². The van der Waals surface area contributed by atoms with E-state index in [1.807, 2.05) is 11.8 Å². The third-order valence-corrected chi connectivity index (χ3v) is 5.55. The van der Waals surface area contributed by atoms with E-state index >= 15 is 0 Å². The maximum absolute atomic E-state index is 12.8. The zero-order valence-electron chi connectivity index (χ0n) is 14.0. The topological polar surface area (TPSA) is 97.0 Å². The van der Waals surface area contributed by atoms with Crippen LogP contribution in [0.15, 0.2) is 4.79 Å². The predicted molar refractivity (Wildman–Crippen MR) is 87.0 cm³/mol. The highest BCUT2D eigenvalue weighted by molar-refractivity contribution is 5.83. The first-order valence-electron chi connectivity index (χ1n) is 8.64. The monoisotopic (exact) mass is 321 g/mol. The van der Waals surface area contributed by atoms with E-state index in [1.54, 1.807) is 4.57 Å². The number of carbonyl (C=O) groups is 1. The summed E-state index contributed by atoms with van der Waals surface area (Å²) in [5.41, 5.74) is 5.56. The molecule has 128 valence electrons. The van der Waals surface area contributed by atoms with E-state index in [-0.39, 0.29) is 29.0 Å². The third-order valence-electron chi connectivity index (χ3n) is 5.55. The molecule has 2 aliphatic rings. The second kappa shape index (κ2) is 6.11. The number of hydrogen-bond acceptors (Lipinski definition) is 4. The third kappa shape index (κ3) is 2.94. The van der Waals surface area contributed by atoms with E-state index in [4.69, 9.17) is 5.73 Å². The minimum Gasteiger partial charge on any atom is -0.342 e. The number of piperidine rings is 1. The predicted octanol–water partition coefficient (Wildman–Crippen LogP) is 0.815. The van der Waals surface area contributed by atoms with E-state index in [0.717, 1.165) is 51.0 Å². The van der Waals surface area contributed by atoms with Gasteiger partial charge in [0, 0.05) is 37.0 Å². The highest BCUT2D eigenvalue weighted by atomic mass is 16.2. The fourth-order valence-corrected chi connectivity index (χ4v) is 4.15. The molecule has 1 amide bonds. The Balaban J connectivity index is 1.64. The van der Waals surface area contributed by atoms with Crippen LogP contribution in [0, 0.1) is 5.41 Å². The highest BCUT2D eigenvalue weighted by Crippen LogP contribution is 2.39. The SMILES string of the molecule is CCn1c(C2CCN(C(=O)[C@@]3(C)CC[C@H](N)C3)CC2)n[nH]c1=O. The minimum atomic E-state index is -0.288. The zero-order chi connectivity index (χ0) is 16.6. The van der Waals surface area contributed by atoms with Crippen LogP contribution in [0.25, 0.3) is 0 Å². The van der Waals surface area contributed by atoms with Gasteiger partial charge < -0.3 is 10.6 Å². The van der Waals surface area contributed by atoms with Gasteiger partial charge in [-0.25, -0.2) is 9.89 Å². The van der Waals surface area contributed by atoms with Crippen molar-refractivity contribution in [2.24, 2.45) is 11.1 Å². The van der Waals surface area contributed by atoms with Crippen molar-refractivity contribution in [3.63, 3.8) is 0 Å². The Morgan fingerprint density at radius 3 is 2.65 bits per heavy atom. The van der Waals surface area contributed by atoms with Gasteiger partial charge in [0.1, 0.15) is 5.82 Å². The number of likely N-dealkylation sites (tertiary alicyclic amines) is 1. The van der Waals surface area contributed by atoms with E-state index in [2.05, 4.69) is 17.1 Å². The Hall–Kier alpha value is -1.63. The first-order chi connectivity index (χ1) is 10.9. The van der Waals surface area contributed by atoms with Crippen LogP contribution in [0.2, 0.25) is 0 Å². The molecule has 0 radical (unpaired) electrons. The number of carbonyl (C=O) groups excluding carboxylic acids is 1. The number of nitrogens with two attached hydrogens (primary N) is 1. The highest BCUT2D eigenvalue weighted by Gasteiger charge is 2.43. The van der Waals surface area contributed by atoms with Crippen molar-refractivity contribution < 1.29 is 4.79 Å². The molecule has 1 saturated carbocycles. The minimum absolute atomic E-state index is 0.145. The Kier molecular flexibility index (Phi) is 4.31. The van der Waals surface area contributed by atoms with Gasteiger partial charge in [0.15, 0.2) is 0 Å². The van der Waals surface area contributed by atoms with Crippen molar-refractivity contribution in [1.82, 2.24) is 19.7 Å². The van der Waals surface area contributed by atoms with Crippen LogP contribution in [-0.4, -0.2) is 44.7 Å². The van der Waals surface area contributed by atoms with Crippen LogP contribution in [-0.2, 0) is 11.3 Å². The molecule has 3 rings (SSSR count). The molecule has 1 aliphatic heterocycles. The molecule has 1 aliphatic carbocycles. The largest absolute Gasteiger partial charge is 0.343 e. The van der Waals surface area contributed by atoms with Gasteiger partial charge in [-0.2, -0.15) is 5.10 Å². The summed E-state index contributed by atoms with van der Waals surface area (Å²) in [6.07, 6.45) is 4.34. The summed E-state index contributed by atoms with van der Waals surface area (Å²) >= 11 is 0. The van der Waals surface area contributed by atoms with Crippen LogP contribution in [0.3, 0.4) is 0 Å². The van der Waals surface area contributed by atoms with Gasteiger partial charge in [0.25, 0.3) is 0 Å². The maximum Gasteiger partial charge on any atom is 0.343 e. The molecule has 0 bridgehead atoms. The second-order valence-corrected chi connectivity index (χ2v) is 7.26. The summed E-state index contributed by atoms with van der Waals surface area (Å²) in [7, 11) is 0. The normalized spacial score (nSPS) is 29.2. The number of aromatic nitrogens is 3. The molecular formula is C16H27N5O2. The summed E-state index contributed by atoms with van der Waals surface area (Å²) in [6, 6.07) is 0.157. The van der Waals surface area contributed by atoms with Gasteiger partial charge in [-0.3, -0.25) is 9.36 Å². The van der Waals surface area contributed by atoms with Gasteiger partial charge in [0.05, 0.1) is 0 Å². The molecule has 2 heterocycles. The number of H-pyrrole nitrogens is 1. The Morgan fingerprint density at radius 1 is 1.39 bits per heavy atom. The zero-order valence-corrected chi connectivity index (χ0v) is 14.0. The standard InChI is InChI=1S/C16H27N5O2/c1-3-21-13(18-19-15(21)23)11-5-8-20(9-6-11)14(22)16(2)7-4-12(17)10-16/h11-12H,3-10,17H2,1-2H3,(H,19,23)/t12-,16-/m0/s1. The molecule has 0 aromatic carbocycles. The van der Waals surface area contributed by atoms with Crippen LogP contribution in [0.4, 0.5) is 0 Å². The van der Waals surface area contributed by atoms with Crippen molar-refractivity contribution in [1.29, 1.82) is 0 Å². The number of nitrogens with zero attached hydrogens (tertiary/aromatic N) is 3. The molecule has 7 nitrogen and oxygen atoms in total. The van der Waals surface area contributed by atoms with Gasteiger partial charge in [0.2, 0.25) is 5.91 Å². The van der Waals surface area contributed by atoms with Crippen LogP contribution in [0.5, 0.6) is 0 Å². The van der Waals surface area contributed by atoms with Gasteiger partial charge in [-0.05, 0) is 39.0 Å². The van der Waals surface area contributed by atoms with Crippen LogP contribution in [0.1, 0.15) is 57.7 Å². The van der Waals surface area contributed by atoms with Gasteiger partial charge in [-0.15, -0.1) is 0 Å². The fraction of sp³-hybridized carbons (Fsp3) is 0.812. The molecule has 7 heteroatoms. The summed E-state index contributed by atoms with van der Waals surface area (Å²) in [6.45, 7) is 6.10. The first kappa shape index (κ1) is 16.2. The van der Waals surface area contributed by atoms with Crippen molar-refractivity contribution in [2.75, 3.05) is 13.1 Å². The molecule has 2 fully saturated rings. The lowest BCUT2D eigenvalue weighted by Gasteiger charge is -2.36. The average molecular weight is 321 g/mol. The van der Waals surface area contributed by atoms with Crippen molar-refractivity contribution in [3.05, 3.63) is 16.3 Å². The van der Waals surface area contributed by atoms with Crippen molar-refractivity contribution in [2.45, 2.75) is 64.5 Å². The van der Waals surface area contributed by atoms with E-state index in [9.17, 15) is 9.59 Å². The summed E-state index contributed by atoms with van der Waals surface area (Å²) < 4.78 is 1.69. The molecule has 2 atom stereocenters. The number of nitrogens with one attached hydrogen (secondary N) is 1. The summed E-state index contributed by atoms with van der Waals surface area (Å²) in [5.74, 6) is 1.33. The number of hydrogen-bond donors (Lipinski definition) is 2. The maximum atomic E-state index is 12.8. The molecular weight excluding hydrogens is 294 g/mol. The molecule has 0 spiro atoms. The van der Waals surface area contributed by atoms with E-state index in [1.165, 1.54) is 0 Å². The first-order valence-corrected chi connectivity index (χ1v) is 8.64. The van der Waals surface area contributed by atoms with Gasteiger partial charge >= 0.3 is 5.69 Å². The van der Waals surface area contributed by atoms with Gasteiger partial charge in [-0.1, -0.05) is 6.92 Å². The van der Waals surface area contributed by atoms with Crippen LogP contribution < -0.4 is 11.4 Å². The number of amides is 1. The number of aromatic amines is 1. The second-order valence-electron chi connectivity index (χ2n) is 7.26. The van der Waals surface area contributed by atoms with E-state index in [0.29, 0.717) is 6.54 Å². The molecule has 0 unspecified atom stereocenters. The fourth-order valence-electron chi connectivity index (χ4n) is 4.15. The molecule has 1 saturated heterocycles. The molecule has 1 aromatic rings. The lowest BCUT2D eigenvalue weighted by atomic mass is 9.85. The summed E-state index contributed by atoms with van der Waals surface area (Å²) in [5, 5.41) is 6.72.